The Morgan fingerprint density at radius 3 is 1.44 bits per heavy atom. The van der Waals surface area contributed by atoms with E-state index >= 15 is 0 Å². The van der Waals surface area contributed by atoms with Crippen LogP contribution in [0.2, 0.25) is 0 Å². The molecule has 2 aliphatic heterocycles. The van der Waals surface area contributed by atoms with Crippen molar-refractivity contribution >= 4 is 24.0 Å². The van der Waals surface area contributed by atoms with E-state index in [1.165, 1.54) is 36.5 Å². The van der Waals surface area contributed by atoms with Crippen LogP contribution < -0.4 is 10.6 Å². The van der Waals surface area contributed by atoms with Gasteiger partial charge in [0.05, 0.1) is 50.1 Å². The van der Waals surface area contributed by atoms with Gasteiger partial charge in [0.2, 0.25) is 11.8 Å². The van der Waals surface area contributed by atoms with Crippen LogP contribution in [0.25, 0.3) is 22.5 Å². The standard InChI is InChI=1S/C48H60N8O6/c1-25(2)39(53-47(59)61-5)45(57)55-33-17-15-31(21-33)41(55)43-49-23-37(51-43)35-19-27-7-11-29(35)13-9-28-8-12-30(14-10-27)36(20-28)38-24-50-44(52-38)42-32-16-18-34(22-32)56(42)46(58)40(26(3)4)54-48(60)62-6/h7-8,11-12,19-20,23-26,31-34,39-42H,9-10,13-18,21-22H2,1-6H3,(H,49,51)(H,50,52)(H,53,59)(H,54,60)/t31?,32?,33?,34?,39?,40?,41-,42-/m0/s1. The van der Waals surface area contributed by atoms with E-state index < -0.39 is 24.3 Å². The Morgan fingerprint density at radius 1 is 0.629 bits per heavy atom. The second-order valence-electron chi connectivity index (χ2n) is 18.9. The van der Waals surface area contributed by atoms with Gasteiger partial charge < -0.3 is 39.9 Å². The number of amides is 4. The van der Waals surface area contributed by atoms with Gasteiger partial charge in [-0.2, -0.15) is 0 Å². The first-order chi connectivity index (χ1) is 29.9. The molecule has 8 atom stereocenters. The zero-order chi connectivity index (χ0) is 43.4. The minimum atomic E-state index is -0.686. The lowest BCUT2D eigenvalue weighted by Crippen LogP contribution is -2.54. The number of rotatable bonds is 10. The minimum absolute atomic E-state index is 0.0819. The van der Waals surface area contributed by atoms with Gasteiger partial charge in [0.15, 0.2) is 0 Å². The molecular weight excluding hydrogens is 785 g/mol. The molecule has 2 aromatic carbocycles. The van der Waals surface area contributed by atoms with Gasteiger partial charge >= 0.3 is 12.2 Å². The zero-order valence-corrected chi connectivity index (χ0v) is 36.7. The predicted octanol–water partition coefficient (Wildman–Crippen LogP) is 7.22. The predicted molar refractivity (Wildman–Crippen MR) is 233 cm³/mol. The maximum Gasteiger partial charge on any atom is 0.407 e. The summed E-state index contributed by atoms with van der Waals surface area (Å²) in [7, 11) is 2.64. The molecule has 12 rings (SSSR count). The summed E-state index contributed by atoms with van der Waals surface area (Å²) < 4.78 is 9.74. The van der Waals surface area contributed by atoms with E-state index in [0.29, 0.717) is 11.8 Å². The van der Waals surface area contributed by atoms with Crippen molar-refractivity contribution in [2.75, 3.05) is 14.2 Å². The van der Waals surface area contributed by atoms with Crippen molar-refractivity contribution in [1.82, 2.24) is 40.4 Å². The first-order valence-corrected chi connectivity index (χ1v) is 22.6. The van der Waals surface area contributed by atoms with Crippen LogP contribution in [0.15, 0.2) is 48.8 Å². The summed E-state index contributed by atoms with van der Waals surface area (Å²) in [6.45, 7) is 7.77. The summed E-state index contributed by atoms with van der Waals surface area (Å²) in [4.78, 5) is 74.1. The monoisotopic (exact) mass is 844 g/mol. The van der Waals surface area contributed by atoms with Gasteiger partial charge in [-0.25, -0.2) is 19.6 Å². The van der Waals surface area contributed by atoms with Crippen molar-refractivity contribution in [3.8, 4) is 22.5 Å². The molecule has 4 fully saturated rings. The van der Waals surface area contributed by atoms with E-state index in [0.717, 1.165) is 98.4 Å². The summed E-state index contributed by atoms with van der Waals surface area (Å²) in [5, 5.41) is 5.58. The van der Waals surface area contributed by atoms with Crippen molar-refractivity contribution in [1.29, 1.82) is 0 Å². The molecule has 6 aliphatic carbocycles. The van der Waals surface area contributed by atoms with Crippen molar-refractivity contribution in [3.05, 3.63) is 82.7 Å². The van der Waals surface area contributed by atoms with Crippen molar-refractivity contribution in [2.24, 2.45) is 23.7 Å². The number of carbonyl (C=O) groups excluding carboxylic acids is 4. The van der Waals surface area contributed by atoms with E-state index in [2.05, 4.69) is 57.0 Å². The largest absolute Gasteiger partial charge is 0.453 e. The number of aromatic amines is 2. The highest BCUT2D eigenvalue weighted by Gasteiger charge is 2.53. The molecule has 4 amide bonds. The number of nitrogens with one attached hydrogen (secondary N) is 4. The number of H-pyrrole nitrogens is 2. The van der Waals surface area contributed by atoms with E-state index in [-0.39, 0.29) is 47.8 Å². The lowest BCUT2D eigenvalue weighted by Gasteiger charge is -2.37. The lowest BCUT2D eigenvalue weighted by molar-refractivity contribution is -0.140. The maximum atomic E-state index is 14.2. The Labute approximate surface area is 363 Å². The third-order valence-electron chi connectivity index (χ3n) is 14.5. The van der Waals surface area contributed by atoms with Crippen LogP contribution in [0, 0.1) is 23.7 Å². The van der Waals surface area contributed by atoms with E-state index in [1.54, 1.807) is 0 Å². The molecule has 0 radical (unpaired) electrons. The number of hydrogen-bond acceptors (Lipinski definition) is 8. The first-order valence-electron chi connectivity index (χ1n) is 22.6. The number of ether oxygens (including phenoxy) is 2. The van der Waals surface area contributed by atoms with Crippen molar-refractivity contribution in [2.45, 2.75) is 128 Å². The van der Waals surface area contributed by atoms with Crippen LogP contribution in [0.4, 0.5) is 9.59 Å². The molecule has 62 heavy (non-hydrogen) atoms. The number of aryl methyl sites for hydroxylation is 4. The summed E-state index contributed by atoms with van der Waals surface area (Å²) in [6, 6.07) is 12.1. The highest BCUT2D eigenvalue weighted by Crippen LogP contribution is 2.51. The molecule has 2 saturated carbocycles. The van der Waals surface area contributed by atoms with Crippen LogP contribution in [-0.2, 0) is 44.7 Å². The third kappa shape index (κ3) is 7.63. The number of imidazole rings is 2. The summed E-state index contributed by atoms with van der Waals surface area (Å²) in [5.74, 6) is 1.84. The number of nitrogens with zero attached hydrogens (tertiary/aromatic N) is 4. The minimum Gasteiger partial charge on any atom is -0.453 e. The number of fused-ring (bicyclic) bond motifs is 4. The van der Waals surface area contributed by atoms with Crippen molar-refractivity contribution in [3.63, 3.8) is 0 Å². The average molecular weight is 845 g/mol. The molecule has 2 saturated heterocycles. The quantitative estimate of drug-likeness (QED) is 0.130. The number of aromatic nitrogens is 4. The lowest BCUT2D eigenvalue weighted by atomic mass is 9.90. The molecular formula is C48H60N8O6. The van der Waals surface area contributed by atoms with Crippen LogP contribution in [-0.4, -0.2) is 92.1 Å². The molecule has 8 aliphatic rings. The molecule has 14 nitrogen and oxygen atoms in total. The van der Waals surface area contributed by atoms with Gasteiger partial charge in [0.1, 0.15) is 23.7 Å². The Balaban J connectivity index is 0.954. The van der Waals surface area contributed by atoms with Crippen molar-refractivity contribution < 1.29 is 28.7 Å². The zero-order valence-electron chi connectivity index (χ0n) is 36.7. The number of carbonyl (C=O) groups is 4. The first kappa shape index (κ1) is 41.7. The summed E-state index contributed by atoms with van der Waals surface area (Å²) in [6.07, 6.45) is 11.8. The van der Waals surface area contributed by atoms with Gasteiger partial charge in [-0.05, 0) is 122 Å². The SMILES string of the molecule is COC(=O)NC(C(=O)N1C2CCC(C2)[C@H]1c1ncc(-c2cc3ccc2CCc2ccc(c(-c4cnc([C@@H]5C6CCC(C6)N5C(=O)C(NC(=O)OC)C(C)C)[nH]4)c2)CC3)[nH]1)C(C)C. The number of methoxy groups -OCH3 is 2. The molecule has 4 heterocycles. The fourth-order valence-corrected chi connectivity index (χ4v) is 11.3. The van der Waals surface area contributed by atoms with Crippen LogP contribution in [0.1, 0.15) is 112 Å². The Hall–Kier alpha value is -5.66. The summed E-state index contributed by atoms with van der Waals surface area (Å²) >= 11 is 0. The summed E-state index contributed by atoms with van der Waals surface area (Å²) in [5.41, 5.74) is 9.07. The molecule has 2 aromatic heterocycles. The Bertz CT molecular complexity index is 2190. The Morgan fingerprint density at radius 2 is 1.05 bits per heavy atom. The maximum absolute atomic E-state index is 14.2. The highest BCUT2D eigenvalue weighted by molar-refractivity contribution is 5.88. The van der Waals surface area contributed by atoms with Crippen LogP contribution in [0.5, 0.6) is 0 Å². The number of alkyl carbamates (subject to hydrolysis) is 2. The Kier molecular flexibility index (Phi) is 11.4. The van der Waals surface area contributed by atoms with E-state index in [9.17, 15) is 19.2 Å². The molecule has 4 N–H and O–H groups in total. The smallest absolute Gasteiger partial charge is 0.407 e. The van der Waals surface area contributed by atoms with Gasteiger partial charge in [-0.3, -0.25) is 9.59 Å². The third-order valence-corrected chi connectivity index (χ3v) is 14.5. The normalized spacial score (nSPS) is 24.6. The molecule has 0 spiro atoms. The van der Waals surface area contributed by atoms with Gasteiger partial charge in [-0.15, -0.1) is 0 Å². The second kappa shape index (κ2) is 16.9. The topological polar surface area (TPSA) is 175 Å². The highest BCUT2D eigenvalue weighted by atomic mass is 16.5. The fraction of sp³-hybridized carbons (Fsp3) is 0.542. The number of benzene rings is 2. The van der Waals surface area contributed by atoms with Gasteiger partial charge in [0, 0.05) is 23.2 Å². The van der Waals surface area contributed by atoms with E-state index in [1.807, 2.05) is 49.9 Å². The number of likely N-dealkylation sites (tertiary alicyclic amines) is 2. The molecule has 328 valence electrons. The second-order valence-corrected chi connectivity index (χ2v) is 18.9. The molecule has 6 unspecified atom stereocenters. The fourth-order valence-electron chi connectivity index (χ4n) is 11.3. The van der Waals surface area contributed by atoms with Crippen LogP contribution >= 0.6 is 0 Å². The molecule has 14 heteroatoms. The average Bonchev–Trinajstić information content (AvgIpc) is 4.14. The number of hydrogen-bond donors (Lipinski definition) is 4. The van der Waals surface area contributed by atoms with E-state index in [4.69, 9.17) is 19.4 Å². The molecule has 8 bridgehead atoms. The molecule has 4 aromatic rings. The van der Waals surface area contributed by atoms with Crippen LogP contribution in [0.3, 0.4) is 0 Å². The van der Waals surface area contributed by atoms with Gasteiger partial charge in [0.25, 0.3) is 0 Å². The number of piperidine rings is 2. The van der Waals surface area contributed by atoms with Gasteiger partial charge in [-0.1, -0.05) is 52.0 Å².